The normalized spacial score (nSPS) is 21.8. The molecule has 1 saturated heterocycles. The molecule has 0 bridgehead atoms. The highest BCUT2D eigenvalue weighted by atomic mass is 19.1. The summed E-state index contributed by atoms with van der Waals surface area (Å²) in [6.07, 6.45) is 3.42. The minimum Gasteiger partial charge on any atom is -0.381 e. The number of benzene rings is 1. The van der Waals surface area contributed by atoms with Gasteiger partial charge in [0.2, 0.25) is 0 Å². The van der Waals surface area contributed by atoms with Gasteiger partial charge >= 0.3 is 0 Å². The van der Waals surface area contributed by atoms with Gasteiger partial charge in [0.1, 0.15) is 5.82 Å². The molecule has 1 aromatic rings. The Morgan fingerprint density at radius 2 is 2.17 bits per heavy atom. The fraction of sp³-hybridized carbons (Fsp3) is 0.600. The van der Waals surface area contributed by atoms with Crippen molar-refractivity contribution in [1.82, 2.24) is 5.32 Å². The summed E-state index contributed by atoms with van der Waals surface area (Å²) in [5, 5.41) is 3.57. The molecule has 1 aliphatic heterocycles. The Morgan fingerprint density at radius 1 is 1.39 bits per heavy atom. The zero-order chi connectivity index (χ0) is 12.8. The zero-order valence-electron chi connectivity index (χ0n) is 11.0. The molecule has 18 heavy (non-hydrogen) atoms. The molecule has 0 saturated carbocycles. The molecule has 0 aromatic heterocycles. The van der Waals surface area contributed by atoms with E-state index in [9.17, 15) is 4.39 Å². The minimum atomic E-state index is -0.172. The molecule has 1 heterocycles. The number of hydrogen-bond acceptors (Lipinski definition) is 2. The Morgan fingerprint density at radius 3 is 2.78 bits per heavy atom. The van der Waals surface area contributed by atoms with E-state index < -0.39 is 0 Å². The van der Waals surface area contributed by atoms with Crippen LogP contribution in [-0.2, 0) is 4.74 Å². The highest BCUT2D eigenvalue weighted by Crippen LogP contribution is 2.19. The summed E-state index contributed by atoms with van der Waals surface area (Å²) in [5.41, 5.74) is 1.16. The summed E-state index contributed by atoms with van der Waals surface area (Å²) in [5.74, 6) is 0.447. The van der Waals surface area contributed by atoms with E-state index >= 15 is 0 Å². The fourth-order valence-corrected chi connectivity index (χ4v) is 2.47. The van der Waals surface area contributed by atoms with Gasteiger partial charge in [-0.25, -0.2) is 4.39 Å². The monoisotopic (exact) mass is 251 g/mol. The minimum absolute atomic E-state index is 0.172. The second kappa shape index (κ2) is 6.86. The molecule has 100 valence electrons. The fourth-order valence-electron chi connectivity index (χ4n) is 2.47. The van der Waals surface area contributed by atoms with Crippen LogP contribution in [0.1, 0.15) is 37.8 Å². The van der Waals surface area contributed by atoms with E-state index in [1.54, 1.807) is 0 Å². The van der Waals surface area contributed by atoms with Crippen molar-refractivity contribution in [2.24, 2.45) is 5.92 Å². The molecule has 1 N–H and O–H groups in total. The number of ether oxygens (including phenoxy) is 1. The summed E-state index contributed by atoms with van der Waals surface area (Å²) in [6.45, 7) is 4.91. The van der Waals surface area contributed by atoms with Gasteiger partial charge in [-0.1, -0.05) is 19.1 Å². The van der Waals surface area contributed by atoms with Gasteiger partial charge in [0.15, 0.2) is 0 Å². The third-order valence-corrected chi connectivity index (χ3v) is 3.59. The first-order valence-electron chi connectivity index (χ1n) is 6.86. The Balaban J connectivity index is 1.86. The van der Waals surface area contributed by atoms with Crippen LogP contribution in [-0.4, -0.2) is 19.8 Å². The van der Waals surface area contributed by atoms with E-state index in [1.165, 1.54) is 25.0 Å². The van der Waals surface area contributed by atoms with Crippen molar-refractivity contribution in [3.63, 3.8) is 0 Å². The summed E-state index contributed by atoms with van der Waals surface area (Å²) < 4.78 is 18.4. The largest absolute Gasteiger partial charge is 0.381 e. The van der Waals surface area contributed by atoms with Crippen LogP contribution in [0.3, 0.4) is 0 Å². The van der Waals surface area contributed by atoms with E-state index in [1.807, 2.05) is 12.1 Å². The first-order valence-corrected chi connectivity index (χ1v) is 6.86. The quantitative estimate of drug-likeness (QED) is 0.867. The van der Waals surface area contributed by atoms with E-state index in [0.29, 0.717) is 12.0 Å². The number of halogens is 1. The van der Waals surface area contributed by atoms with Crippen LogP contribution in [0.4, 0.5) is 4.39 Å². The van der Waals surface area contributed by atoms with Crippen molar-refractivity contribution >= 4 is 0 Å². The smallest absolute Gasteiger partial charge is 0.123 e. The van der Waals surface area contributed by atoms with Crippen LogP contribution in [0.5, 0.6) is 0 Å². The van der Waals surface area contributed by atoms with E-state index in [2.05, 4.69) is 12.2 Å². The topological polar surface area (TPSA) is 21.3 Å². The van der Waals surface area contributed by atoms with Gasteiger partial charge in [0.05, 0.1) is 6.61 Å². The van der Waals surface area contributed by atoms with Gasteiger partial charge in [-0.3, -0.25) is 0 Å². The lowest BCUT2D eigenvalue weighted by atomic mass is 10.00. The summed E-state index contributed by atoms with van der Waals surface area (Å²) in [6, 6.07) is 7.11. The maximum Gasteiger partial charge on any atom is 0.123 e. The molecule has 0 aliphatic carbocycles. The average Bonchev–Trinajstić information content (AvgIpc) is 2.42. The Labute approximate surface area is 109 Å². The van der Waals surface area contributed by atoms with Gasteiger partial charge < -0.3 is 10.1 Å². The van der Waals surface area contributed by atoms with Crippen LogP contribution in [0.15, 0.2) is 24.3 Å². The Hall–Kier alpha value is -0.930. The van der Waals surface area contributed by atoms with Crippen molar-refractivity contribution in [3.8, 4) is 0 Å². The molecular formula is C15H22FNO. The summed E-state index contributed by atoms with van der Waals surface area (Å²) in [7, 11) is 0. The van der Waals surface area contributed by atoms with Crippen LogP contribution in [0, 0.1) is 11.7 Å². The summed E-state index contributed by atoms with van der Waals surface area (Å²) >= 11 is 0. The molecule has 2 atom stereocenters. The van der Waals surface area contributed by atoms with Crippen molar-refractivity contribution in [3.05, 3.63) is 35.6 Å². The predicted octanol–water partition coefficient (Wildman–Crippen LogP) is 3.29. The molecule has 2 unspecified atom stereocenters. The van der Waals surface area contributed by atoms with Crippen LogP contribution >= 0.6 is 0 Å². The first kappa shape index (κ1) is 13.5. The lowest BCUT2D eigenvalue weighted by Gasteiger charge is -2.25. The molecular weight excluding hydrogens is 229 g/mol. The van der Waals surface area contributed by atoms with Gasteiger partial charge in [-0.15, -0.1) is 0 Å². The maximum atomic E-state index is 12.9. The molecule has 3 heteroatoms. The van der Waals surface area contributed by atoms with Gasteiger partial charge in [0, 0.05) is 19.2 Å². The number of hydrogen-bond donors (Lipinski definition) is 1. The van der Waals surface area contributed by atoms with Crippen LogP contribution in [0.25, 0.3) is 0 Å². The van der Waals surface area contributed by atoms with Gasteiger partial charge in [0.25, 0.3) is 0 Å². The molecule has 1 aromatic carbocycles. The average molecular weight is 251 g/mol. The molecule has 0 spiro atoms. The lowest BCUT2D eigenvalue weighted by molar-refractivity contribution is 0.0537. The van der Waals surface area contributed by atoms with E-state index in [0.717, 1.165) is 31.7 Å². The Bertz CT molecular complexity index is 346. The van der Waals surface area contributed by atoms with Crippen LogP contribution < -0.4 is 5.32 Å². The Kier molecular flexibility index (Phi) is 5.14. The van der Waals surface area contributed by atoms with Gasteiger partial charge in [-0.2, -0.15) is 0 Å². The van der Waals surface area contributed by atoms with Crippen molar-refractivity contribution in [2.45, 2.75) is 32.2 Å². The van der Waals surface area contributed by atoms with Gasteiger partial charge in [-0.05, 0) is 42.9 Å². The third-order valence-electron chi connectivity index (χ3n) is 3.59. The maximum absolute atomic E-state index is 12.9. The highest BCUT2D eigenvalue weighted by molar-refractivity contribution is 5.19. The van der Waals surface area contributed by atoms with Crippen molar-refractivity contribution < 1.29 is 9.13 Å². The van der Waals surface area contributed by atoms with Crippen molar-refractivity contribution in [1.29, 1.82) is 0 Å². The lowest BCUT2D eigenvalue weighted by Crippen LogP contribution is -2.31. The molecule has 2 nitrogen and oxygen atoms in total. The molecule has 2 rings (SSSR count). The number of nitrogens with one attached hydrogen (secondary N) is 1. The number of rotatable bonds is 5. The standard InChI is InChI=1S/C15H22FNO/c1-2-15(13-5-7-14(16)8-6-13)17-10-12-4-3-9-18-11-12/h5-8,12,15,17H,2-4,9-11H2,1H3. The molecule has 1 aliphatic rings. The second-order valence-electron chi connectivity index (χ2n) is 5.00. The van der Waals surface area contributed by atoms with Crippen LogP contribution in [0.2, 0.25) is 0 Å². The highest BCUT2D eigenvalue weighted by Gasteiger charge is 2.16. The van der Waals surface area contributed by atoms with E-state index in [4.69, 9.17) is 4.74 Å². The van der Waals surface area contributed by atoms with Crippen molar-refractivity contribution in [2.75, 3.05) is 19.8 Å². The third kappa shape index (κ3) is 3.79. The SMILES string of the molecule is CCC(NCC1CCCOC1)c1ccc(F)cc1. The second-order valence-corrected chi connectivity index (χ2v) is 5.00. The first-order chi connectivity index (χ1) is 8.79. The zero-order valence-corrected chi connectivity index (χ0v) is 11.0. The molecule has 0 amide bonds. The van der Waals surface area contributed by atoms with E-state index in [-0.39, 0.29) is 5.82 Å². The summed E-state index contributed by atoms with van der Waals surface area (Å²) in [4.78, 5) is 0. The molecule has 1 fully saturated rings. The predicted molar refractivity (Wildman–Crippen MR) is 71.0 cm³/mol. The molecule has 0 radical (unpaired) electrons.